The van der Waals surface area contributed by atoms with Crippen molar-refractivity contribution in [2.24, 2.45) is 0 Å². The van der Waals surface area contributed by atoms with Crippen LogP contribution in [0.4, 0.5) is 0 Å². The van der Waals surface area contributed by atoms with E-state index in [1.165, 1.54) is 89.9 Å². The first-order valence-electron chi connectivity index (χ1n) is 13.0. The number of unbranched alkanes of at least 4 members (excludes halogenated alkanes) is 14. The molecule has 1 heterocycles. The third kappa shape index (κ3) is 15.1. The van der Waals surface area contributed by atoms with Crippen molar-refractivity contribution in [1.82, 2.24) is 0 Å². The number of rotatable bonds is 21. The largest absolute Gasteiger partial charge is 0.388 e. The van der Waals surface area contributed by atoms with Crippen LogP contribution in [0, 0.1) is 0 Å². The van der Waals surface area contributed by atoms with Crippen molar-refractivity contribution < 1.29 is 24.8 Å². The second kappa shape index (κ2) is 20.2. The molecule has 0 aromatic rings. The summed E-state index contributed by atoms with van der Waals surface area (Å²) in [4.78, 5) is 0. The van der Waals surface area contributed by atoms with Crippen LogP contribution in [0.2, 0.25) is 0 Å². The molecule has 1 saturated heterocycles. The van der Waals surface area contributed by atoms with Crippen molar-refractivity contribution in [3.8, 4) is 0 Å². The van der Waals surface area contributed by atoms with Crippen LogP contribution in [-0.4, -0.2) is 59.6 Å². The molecular weight excluding hydrogens is 392 g/mol. The topological polar surface area (TPSA) is 79.2 Å². The highest BCUT2D eigenvalue weighted by Gasteiger charge is 2.39. The van der Waals surface area contributed by atoms with Gasteiger partial charge in [0.15, 0.2) is 0 Å². The Bertz CT molecular complexity index is 415. The van der Waals surface area contributed by atoms with Crippen LogP contribution < -0.4 is 0 Å². The van der Waals surface area contributed by atoms with Crippen molar-refractivity contribution in [2.75, 3.05) is 19.8 Å². The third-order valence-electron chi connectivity index (χ3n) is 6.16. The zero-order valence-corrected chi connectivity index (χ0v) is 20.1. The van der Waals surface area contributed by atoms with E-state index in [9.17, 15) is 15.3 Å². The first-order valence-corrected chi connectivity index (χ1v) is 13.0. The van der Waals surface area contributed by atoms with Crippen LogP contribution in [0.3, 0.4) is 0 Å². The molecule has 3 N–H and O–H groups in total. The minimum absolute atomic E-state index is 0.0668. The van der Waals surface area contributed by atoms with Crippen molar-refractivity contribution in [3.63, 3.8) is 0 Å². The summed E-state index contributed by atoms with van der Waals surface area (Å²) in [6.45, 7) is 3.09. The zero-order valence-electron chi connectivity index (χ0n) is 20.1. The van der Waals surface area contributed by atoms with Gasteiger partial charge in [-0.15, -0.1) is 0 Å². The molecule has 1 aliphatic heterocycles. The van der Waals surface area contributed by atoms with E-state index in [1.54, 1.807) is 0 Å². The lowest BCUT2D eigenvalue weighted by atomic mass is 10.1. The summed E-state index contributed by atoms with van der Waals surface area (Å²) in [7, 11) is 0. The molecule has 184 valence electrons. The van der Waals surface area contributed by atoms with E-state index in [0.29, 0.717) is 6.61 Å². The summed E-state index contributed by atoms with van der Waals surface area (Å²) >= 11 is 0. The van der Waals surface area contributed by atoms with Gasteiger partial charge in [-0.2, -0.15) is 0 Å². The molecule has 0 spiro atoms. The van der Waals surface area contributed by atoms with Crippen LogP contribution in [0.5, 0.6) is 0 Å². The molecule has 0 unspecified atom stereocenters. The van der Waals surface area contributed by atoms with Crippen LogP contribution >= 0.6 is 0 Å². The Morgan fingerprint density at radius 3 is 1.84 bits per heavy atom. The van der Waals surface area contributed by atoms with Gasteiger partial charge >= 0.3 is 0 Å². The minimum atomic E-state index is -1.03. The minimum Gasteiger partial charge on any atom is -0.388 e. The van der Waals surface area contributed by atoms with Gasteiger partial charge in [0.1, 0.15) is 24.4 Å². The van der Waals surface area contributed by atoms with Gasteiger partial charge < -0.3 is 24.8 Å². The number of ether oxygens (including phenoxy) is 2. The number of allylic oxidation sites excluding steroid dienone is 2. The summed E-state index contributed by atoms with van der Waals surface area (Å²) in [5, 5.41) is 29.1. The summed E-state index contributed by atoms with van der Waals surface area (Å²) in [6, 6.07) is 0. The summed E-state index contributed by atoms with van der Waals surface area (Å²) in [6.07, 6.45) is 22.0. The van der Waals surface area contributed by atoms with Crippen LogP contribution in [0.25, 0.3) is 0 Å². The Kier molecular flexibility index (Phi) is 18.6. The Morgan fingerprint density at radius 2 is 1.32 bits per heavy atom. The monoisotopic (exact) mass is 442 g/mol. The molecule has 0 bridgehead atoms. The maximum absolute atomic E-state index is 9.96. The lowest BCUT2D eigenvalue weighted by Gasteiger charge is -2.20. The van der Waals surface area contributed by atoms with Crippen LogP contribution in [-0.2, 0) is 9.47 Å². The van der Waals surface area contributed by atoms with E-state index in [1.807, 2.05) is 0 Å². The van der Waals surface area contributed by atoms with E-state index in [2.05, 4.69) is 19.1 Å². The molecule has 0 amide bonds. The Balaban J connectivity index is 1.76. The van der Waals surface area contributed by atoms with E-state index >= 15 is 0 Å². The van der Waals surface area contributed by atoms with Gasteiger partial charge in [-0.25, -0.2) is 0 Å². The highest BCUT2D eigenvalue weighted by molar-refractivity contribution is 4.87. The van der Waals surface area contributed by atoms with Crippen molar-refractivity contribution in [1.29, 1.82) is 0 Å². The zero-order chi connectivity index (χ0) is 22.6. The lowest BCUT2D eigenvalue weighted by Crippen LogP contribution is -2.40. The number of aliphatic hydroxyl groups is 3. The maximum atomic E-state index is 9.96. The fourth-order valence-corrected chi connectivity index (χ4v) is 4.07. The van der Waals surface area contributed by atoms with Gasteiger partial charge in [-0.1, -0.05) is 89.7 Å². The fraction of sp³-hybridized carbons (Fsp3) is 0.923. The SMILES string of the molecule is CCCCCCCCCCC/C=C/CCCCCCCOC[C@@H](O)[C@@H]1OC[C@H](O)[C@@H]1O. The van der Waals surface area contributed by atoms with E-state index < -0.39 is 24.4 Å². The molecule has 0 aromatic heterocycles. The van der Waals surface area contributed by atoms with Gasteiger partial charge in [0.2, 0.25) is 0 Å². The van der Waals surface area contributed by atoms with Crippen molar-refractivity contribution >= 4 is 0 Å². The normalized spacial score (nSPS) is 22.5. The first-order chi connectivity index (χ1) is 15.2. The maximum Gasteiger partial charge on any atom is 0.114 e. The second-order valence-electron chi connectivity index (χ2n) is 9.14. The molecular formula is C26H50O5. The smallest absolute Gasteiger partial charge is 0.114 e. The highest BCUT2D eigenvalue weighted by atomic mass is 16.5. The highest BCUT2D eigenvalue weighted by Crippen LogP contribution is 2.18. The van der Waals surface area contributed by atoms with E-state index in [-0.39, 0.29) is 13.2 Å². The third-order valence-corrected chi connectivity index (χ3v) is 6.16. The molecule has 0 aromatic carbocycles. The van der Waals surface area contributed by atoms with Gasteiger partial charge in [0.05, 0.1) is 13.2 Å². The van der Waals surface area contributed by atoms with E-state index in [4.69, 9.17) is 9.47 Å². The molecule has 0 saturated carbocycles. The molecule has 31 heavy (non-hydrogen) atoms. The quantitative estimate of drug-likeness (QED) is 0.166. The second-order valence-corrected chi connectivity index (χ2v) is 9.14. The molecule has 0 radical (unpaired) electrons. The van der Waals surface area contributed by atoms with Gasteiger partial charge in [-0.05, 0) is 32.1 Å². The summed E-state index contributed by atoms with van der Waals surface area (Å²) in [5.41, 5.74) is 0. The molecule has 0 aliphatic carbocycles. The molecule has 5 heteroatoms. The number of hydrogen-bond acceptors (Lipinski definition) is 5. The summed E-state index contributed by atoms with van der Waals surface area (Å²) < 4.78 is 10.7. The molecule has 1 aliphatic rings. The summed E-state index contributed by atoms with van der Waals surface area (Å²) in [5.74, 6) is 0. The van der Waals surface area contributed by atoms with Crippen molar-refractivity contribution in [3.05, 3.63) is 12.2 Å². The average Bonchev–Trinajstić information content (AvgIpc) is 3.10. The fourth-order valence-electron chi connectivity index (χ4n) is 4.07. The van der Waals surface area contributed by atoms with Crippen LogP contribution in [0.1, 0.15) is 110 Å². The number of hydrogen-bond donors (Lipinski definition) is 3. The standard InChI is InChI=1S/C26H50O5/c1-2-3-4-5-6-7-8-9-10-11-12-13-14-15-16-17-18-19-20-30-21-24(28)26-25(29)23(27)22-31-26/h12-13,23-29H,2-11,14-22H2,1H3/b13-12+/t23-,24+,25-,26-/m0/s1. The van der Waals surface area contributed by atoms with Gasteiger partial charge in [0, 0.05) is 6.61 Å². The first kappa shape index (κ1) is 28.6. The van der Waals surface area contributed by atoms with E-state index in [0.717, 1.165) is 12.8 Å². The molecule has 1 rings (SSSR count). The molecule has 1 fully saturated rings. The number of aliphatic hydroxyl groups excluding tert-OH is 3. The predicted octanol–water partition coefficient (Wildman–Crippen LogP) is 5.30. The average molecular weight is 443 g/mol. The lowest BCUT2D eigenvalue weighted by molar-refractivity contribution is -0.0813. The van der Waals surface area contributed by atoms with Crippen molar-refractivity contribution in [2.45, 2.75) is 134 Å². The Hall–Kier alpha value is -0.460. The van der Waals surface area contributed by atoms with Gasteiger partial charge in [0.25, 0.3) is 0 Å². The molecule has 4 atom stereocenters. The Morgan fingerprint density at radius 1 is 0.806 bits per heavy atom. The van der Waals surface area contributed by atoms with Gasteiger partial charge in [-0.3, -0.25) is 0 Å². The van der Waals surface area contributed by atoms with Crippen LogP contribution in [0.15, 0.2) is 12.2 Å². The Labute approximate surface area is 191 Å². The molecule has 5 nitrogen and oxygen atoms in total. The predicted molar refractivity (Wildman–Crippen MR) is 127 cm³/mol.